The Balaban J connectivity index is 0.00000280. The van der Waals surface area contributed by atoms with Gasteiger partial charge in [0.2, 0.25) is 5.96 Å². The number of phenols is 1. The van der Waals surface area contributed by atoms with Crippen molar-refractivity contribution in [1.29, 1.82) is 0 Å². The number of nitrogens with zero attached hydrogens (tertiary/aromatic N) is 1. The predicted molar refractivity (Wildman–Crippen MR) is 113 cm³/mol. The van der Waals surface area contributed by atoms with E-state index in [2.05, 4.69) is 15.6 Å². The molecule has 0 saturated carbocycles. The highest BCUT2D eigenvalue weighted by Crippen LogP contribution is 2.32. The molecule has 1 aliphatic rings. The molecule has 148 valence electrons. The fraction of sp³-hybridized carbons (Fsp3) is 0.158. The molecular formula is C19H18Cl3N3O3. The minimum atomic E-state index is -0.578. The van der Waals surface area contributed by atoms with Gasteiger partial charge in [0.05, 0.1) is 12.7 Å². The number of carbonyl (C=O) groups excluding carboxylic acids is 1. The lowest BCUT2D eigenvalue weighted by atomic mass is 9.96. The van der Waals surface area contributed by atoms with Crippen LogP contribution in [0, 0.1) is 0 Å². The van der Waals surface area contributed by atoms with E-state index in [9.17, 15) is 9.90 Å². The third kappa shape index (κ3) is 4.90. The van der Waals surface area contributed by atoms with Crippen LogP contribution < -0.4 is 10.6 Å². The lowest BCUT2D eigenvalue weighted by Crippen LogP contribution is -2.36. The summed E-state index contributed by atoms with van der Waals surface area (Å²) in [5.41, 5.74) is 2.34. The van der Waals surface area contributed by atoms with Crippen molar-refractivity contribution in [1.82, 2.24) is 5.32 Å². The first-order valence-corrected chi connectivity index (χ1v) is 8.79. The molecule has 0 aromatic heterocycles. The van der Waals surface area contributed by atoms with E-state index in [-0.39, 0.29) is 18.2 Å². The van der Waals surface area contributed by atoms with E-state index in [0.29, 0.717) is 33.0 Å². The highest BCUT2D eigenvalue weighted by atomic mass is 35.5. The molecule has 3 rings (SSSR count). The third-order valence-electron chi connectivity index (χ3n) is 3.98. The highest BCUT2D eigenvalue weighted by molar-refractivity contribution is 6.31. The van der Waals surface area contributed by atoms with Crippen LogP contribution in [0.3, 0.4) is 0 Å². The molecule has 28 heavy (non-hydrogen) atoms. The molecule has 6 nitrogen and oxygen atoms in total. The molecule has 3 N–H and O–H groups in total. The van der Waals surface area contributed by atoms with Crippen molar-refractivity contribution in [3.8, 4) is 5.75 Å². The van der Waals surface area contributed by atoms with E-state index >= 15 is 0 Å². The van der Waals surface area contributed by atoms with Crippen molar-refractivity contribution < 1.29 is 14.6 Å². The van der Waals surface area contributed by atoms with Gasteiger partial charge in [0.1, 0.15) is 11.8 Å². The number of anilines is 1. The van der Waals surface area contributed by atoms with Crippen LogP contribution in [0.25, 0.3) is 0 Å². The maximum atomic E-state index is 12.3. The lowest BCUT2D eigenvalue weighted by molar-refractivity contribution is -0.136. The summed E-state index contributed by atoms with van der Waals surface area (Å²) in [6.45, 7) is 1.76. The Hall–Kier alpha value is -2.41. The summed E-state index contributed by atoms with van der Waals surface area (Å²) in [5.74, 6) is -0.0388. The Kier molecular flexibility index (Phi) is 7.18. The maximum absolute atomic E-state index is 12.3. The first kappa shape index (κ1) is 21.9. The van der Waals surface area contributed by atoms with Gasteiger partial charge in [-0.1, -0.05) is 35.3 Å². The molecule has 0 fully saturated rings. The molecule has 0 aliphatic carbocycles. The fourth-order valence-electron chi connectivity index (χ4n) is 2.78. The minimum Gasteiger partial charge on any atom is -0.508 e. The van der Waals surface area contributed by atoms with Gasteiger partial charge in [-0.05, 0) is 36.8 Å². The maximum Gasteiger partial charge on any atom is 0.338 e. The van der Waals surface area contributed by atoms with E-state index in [1.54, 1.807) is 37.3 Å². The van der Waals surface area contributed by atoms with Gasteiger partial charge in [-0.25, -0.2) is 9.79 Å². The van der Waals surface area contributed by atoms with Gasteiger partial charge in [0, 0.05) is 27.5 Å². The number of phenolic OH excluding ortho intramolecular Hbond substituents is 1. The quantitative estimate of drug-likeness (QED) is 0.601. The van der Waals surface area contributed by atoms with Crippen LogP contribution >= 0.6 is 35.6 Å². The molecule has 0 radical (unpaired) electrons. The van der Waals surface area contributed by atoms with Crippen molar-refractivity contribution in [3.05, 3.63) is 69.3 Å². The zero-order valence-electron chi connectivity index (χ0n) is 15.0. The van der Waals surface area contributed by atoms with Crippen molar-refractivity contribution in [2.75, 3.05) is 12.4 Å². The summed E-state index contributed by atoms with van der Waals surface area (Å²) in [7, 11) is 1.33. The van der Waals surface area contributed by atoms with Crippen LogP contribution in [-0.2, 0) is 9.53 Å². The summed E-state index contributed by atoms with van der Waals surface area (Å²) in [6.07, 6.45) is 0. The van der Waals surface area contributed by atoms with Gasteiger partial charge in [0.15, 0.2) is 0 Å². The Morgan fingerprint density at radius 3 is 2.46 bits per heavy atom. The van der Waals surface area contributed by atoms with E-state index in [1.165, 1.54) is 19.2 Å². The lowest BCUT2D eigenvalue weighted by Gasteiger charge is -2.26. The summed E-state index contributed by atoms with van der Waals surface area (Å²) in [5, 5.41) is 16.8. The number of allylic oxidation sites excluding steroid dienone is 1. The predicted octanol–water partition coefficient (Wildman–Crippen LogP) is 4.68. The van der Waals surface area contributed by atoms with Crippen molar-refractivity contribution in [2.24, 2.45) is 4.99 Å². The number of carbonyl (C=O) groups is 1. The number of hydrogen-bond acceptors (Lipinski definition) is 6. The largest absolute Gasteiger partial charge is 0.508 e. The molecule has 9 heteroatoms. The molecule has 0 spiro atoms. The molecule has 1 aliphatic heterocycles. The van der Waals surface area contributed by atoms with Crippen LogP contribution in [0.1, 0.15) is 18.5 Å². The van der Waals surface area contributed by atoms with Gasteiger partial charge in [-0.15, -0.1) is 12.4 Å². The van der Waals surface area contributed by atoms with Gasteiger partial charge < -0.3 is 20.5 Å². The van der Waals surface area contributed by atoms with Crippen molar-refractivity contribution in [3.63, 3.8) is 0 Å². The van der Waals surface area contributed by atoms with Gasteiger partial charge in [-0.2, -0.15) is 0 Å². The number of ether oxygens (including phenoxy) is 1. The second kappa shape index (κ2) is 9.19. The Morgan fingerprint density at radius 1 is 1.18 bits per heavy atom. The molecular weight excluding hydrogens is 425 g/mol. The standard InChI is InChI=1S/C19H17Cl2N3O3.ClH/c1-10-16(18(26)27-2)17(11-3-5-12(20)6-4-11)24-19(22-10)23-14-7-13(21)8-15(25)9-14;/h3-9,17,25H,1-2H3,(H2,22,23,24);1H. The Morgan fingerprint density at radius 2 is 1.86 bits per heavy atom. The van der Waals surface area contributed by atoms with Crippen LogP contribution in [-0.4, -0.2) is 24.1 Å². The normalized spacial score (nSPS) is 15.9. The third-order valence-corrected chi connectivity index (χ3v) is 4.45. The Labute approximate surface area is 178 Å². The Bertz CT molecular complexity index is 923. The zero-order chi connectivity index (χ0) is 19.6. The first-order valence-electron chi connectivity index (χ1n) is 8.03. The number of methoxy groups -OCH3 is 1. The number of hydrogen-bond donors (Lipinski definition) is 3. The highest BCUT2D eigenvalue weighted by Gasteiger charge is 2.30. The second-order valence-electron chi connectivity index (χ2n) is 5.91. The molecule has 1 heterocycles. The van der Waals surface area contributed by atoms with Crippen LogP contribution in [0.15, 0.2) is 58.7 Å². The van der Waals surface area contributed by atoms with Gasteiger partial charge in [0.25, 0.3) is 0 Å². The number of aromatic hydroxyl groups is 1. The number of aliphatic imine (C=N–C) groups is 1. The SMILES string of the molecule is COC(=O)C1=C(C)NC(Nc2cc(O)cc(Cl)c2)=NC1c1ccc(Cl)cc1.Cl. The van der Waals surface area contributed by atoms with Crippen LogP contribution in [0.4, 0.5) is 5.69 Å². The summed E-state index contributed by atoms with van der Waals surface area (Å²) in [4.78, 5) is 16.9. The molecule has 0 bridgehead atoms. The molecule has 2 aromatic carbocycles. The smallest absolute Gasteiger partial charge is 0.338 e. The van der Waals surface area contributed by atoms with Crippen LogP contribution in [0.5, 0.6) is 5.75 Å². The summed E-state index contributed by atoms with van der Waals surface area (Å²) < 4.78 is 4.92. The number of halogens is 3. The van der Waals surface area contributed by atoms with Gasteiger partial charge in [-0.3, -0.25) is 0 Å². The van der Waals surface area contributed by atoms with E-state index in [1.807, 2.05) is 0 Å². The average Bonchev–Trinajstić information content (AvgIpc) is 2.60. The number of nitrogens with one attached hydrogen (secondary N) is 2. The fourth-order valence-corrected chi connectivity index (χ4v) is 3.14. The number of esters is 1. The monoisotopic (exact) mass is 441 g/mol. The molecule has 1 unspecified atom stereocenters. The van der Waals surface area contributed by atoms with Gasteiger partial charge >= 0.3 is 5.97 Å². The summed E-state index contributed by atoms with van der Waals surface area (Å²) in [6, 6.07) is 11.1. The summed E-state index contributed by atoms with van der Waals surface area (Å²) >= 11 is 11.9. The average molecular weight is 443 g/mol. The molecule has 0 saturated heterocycles. The van der Waals surface area contributed by atoms with E-state index in [4.69, 9.17) is 27.9 Å². The minimum absolute atomic E-state index is 0. The first-order chi connectivity index (χ1) is 12.9. The van der Waals surface area contributed by atoms with E-state index < -0.39 is 12.0 Å². The molecule has 1 atom stereocenters. The van der Waals surface area contributed by atoms with Crippen LogP contribution in [0.2, 0.25) is 10.0 Å². The number of benzene rings is 2. The number of guanidine groups is 1. The van der Waals surface area contributed by atoms with Crippen molar-refractivity contribution in [2.45, 2.75) is 13.0 Å². The number of rotatable bonds is 3. The van der Waals surface area contributed by atoms with E-state index in [0.717, 1.165) is 5.56 Å². The zero-order valence-corrected chi connectivity index (χ0v) is 17.3. The molecule has 0 amide bonds. The second-order valence-corrected chi connectivity index (χ2v) is 6.78. The topological polar surface area (TPSA) is 83.0 Å². The molecule has 2 aromatic rings. The van der Waals surface area contributed by atoms with Crippen molar-refractivity contribution >= 4 is 53.2 Å².